The molecular weight excluding hydrogens is 452 g/mol. The Morgan fingerprint density at radius 3 is 1.48 bits per heavy atom. The highest BCUT2D eigenvalue weighted by atomic mass is 19.4. The van der Waals surface area contributed by atoms with Crippen molar-refractivity contribution < 1.29 is 66.3 Å². The van der Waals surface area contributed by atoms with Crippen LogP contribution in [-0.2, 0) is 4.79 Å². The quantitative estimate of drug-likeness (QED) is 0.364. The smallest absolute Gasteiger partial charge is 0.324 e. The van der Waals surface area contributed by atoms with Gasteiger partial charge in [0.05, 0.1) is 12.6 Å². The van der Waals surface area contributed by atoms with Crippen LogP contribution in [0.3, 0.4) is 0 Å². The first kappa shape index (κ1) is 27.2. The molecule has 0 rings (SSSR count). The Bertz CT molecular complexity index is 618. The summed E-state index contributed by atoms with van der Waals surface area (Å²) in [5.41, 5.74) is 0. The number of hydrogen-bond donors (Lipinski definition) is 0. The molecule has 0 spiro atoms. The molecule has 0 aliphatic rings. The summed E-state index contributed by atoms with van der Waals surface area (Å²) in [6.45, 7) is -2.69. The fraction of sp³-hybridized carbons (Fsp3) is 0.769. The van der Waals surface area contributed by atoms with Crippen molar-refractivity contribution in [3.63, 3.8) is 0 Å². The molecule has 0 aliphatic heterocycles. The van der Waals surface area contributed by atoms with Crippen LogP contribution < -0.4 is 0 Å². The number of nitrogens with zero attached hydrogens (tertiary/aromatic N) is 1. The fourth-order valence-corrected chi connectivity index (χ4v) is 1.81. The van der Waals surface area contributed by atoms with Crippen molar-refractivity contribution in [2.75, 3.05) is 6.54 Å². The molecule has 2 nitrogen and oxygen atoms in total. The molecule has 0 aromatic heterocycles. The molecule has 29 heavy (non-hydrogen) atoms. The van der Waals surface area contributed by atoms with Gasteiger partial charge in [-0.15, -0.1) is 0 Å². The molecule has 1 amide bonds. The second-order valence-electron chi connectivity index (χ2n) is 5.61. The Morgan fingerprint density at radius 1 is 0.793 bits per heavy atom. The van der Waals surface area contributed by atoms with E-state index in [1.54, 1.807) is 0 Å². The molecule has 16 heteroatoms. The van der Waals surface area contributed by atoms with E-state index in [4.69, 9.17) is 0 Å². The number of allylic oxidation sites excluding steroid dienone is 1. The van der Waals surface area contributed by atoms with Gasteiger partial charge in [0, 0.05) is 0 Å². The van der Waals surface area contributed by atoms with Gasteiger partial charge in [-0.05, 0) is 19.9 Å². The van der Waals surface area contributed by atoms with E-state index in [2.05, 4.69) is 0 Å². The number of amides is 1. The summed E-state index contributed by atoms with van der Waals surface area (Å²) in [4.78, 5) is 10.3. The number of halogens is 14. The van der Waals surface area contributed by atoms with E-state index in [0.29, 0.717) is 6.08 Å². The molecule has 0 aromatic carbocycles. The van der Waals surface area contributed by atoms with Gasteiger partial charge >= 0.3 is 36.0 Å². The molecule has 0 N–H and O–H groups in total. The zero-order valence-electron chi connectivity index (χ0n) is 14.1. The molecule has 0 heterocycles. The average molecular weight is 463 g/mol. The highest BCUT2D eigenvalue weighted by Crippen LogP contribution is 2.51. The largest absolute Gasteiger partial charge is 0.459 e. The van der Waals surface area contributed by atoms with Crippen LogP contribution in [0.25, 0.3) is 0 Å². The van der Waals surface area contributed by atoms with Gasteiger partial charge in [-0.2, -0.15) is 61.5 Å². The Hall–Kier alpha value is -1.77. The molecule has 0 radical (unpaired) electrons. The first-order chi connectivity index (χ1) is 12.5. The minimum Gasteiger partial charge on any atom is -0.324 e. The fourth-order valence-electron chi connectivity index (χ4n) is 1.81. The SMILES string of the molecule is C/C=C/C(=O)N(CC(F)(F)C(F)(F)C(F)(F)F)C(C)C(F)(F)C(F)(F)C(F)(F)F. The van der Waals surface area contributed by atoms with E-state index < -0.39 is 59.4 Å². The number of carbonyl (C=O) groups is 1. The molecule has 0 saturated carbocycles. The summed E-state index contributed by atoms with van der Waals surface area (Å²) in [6, 6.07) is -3.88. The second-order valence-corrected chi connectivity index (χ2v) is 5.61. The lowest BCUT2D eigenvalue weighted by Crippen LogP contribution is -2.65. The summed E-state index contributed by atoms with van der Waals surface area (Å²) in [7, 11) is 0. The molecule has 0 bridgehead atoms. The Morgan fingerprint density at radius 2 is 1.17 bits per heavy atom. The number of hydrogen-bond acceptors (Lipinski definition) is 1. The van der Waals surface area contributed by atoms with E-state index in [9.17, 15) is 66.3 Å². The van der Waals surface area contributed by atoms with E-state index in [1.807, 2.05) is 0 Å². The molecule has 172 valence electrons. The first-order valence-corrected chi connectivity index (χ1v) is 7.07. The maximum absolute atomic E-state index is 13.7. The van der Waals surface area contributed by atoms with Crippen LogP contribution in [0.4, 0.5) is 61.5 Å². The van der Waals surface area contributed by atoms with Crippen LogP contribution >= 0.6 is 0 Å². The van der Waals surface area contributed by atoms with E-state index in [-0.39, 0.29) is 13.0 Å². The molecular formula is C13H11F14NO. The predicted octanol–water partition coefficient (Wildman–Crippen LogP) is 5.45. The lowest BCUT2D eigenvalue weighted by molar-refractivity contribution is -0.370. The van der Waals surface area contributed by atoms with Crippen molar-refractivity contribution >= 4 is 5.91 Å². The predicted molar refractivity (Wildman–Crippen MR) is 67.9 cm³/mol. The lowest BCUT2D eigenvalue weighted by Gasteiger charge is -2.40. The van der Waals surface area contributed by atoms with Gasteiger partial charge in [-0.3, -0.25) is 4.79 Å². The third-order valence-electron chi connectivity index (χ3n) is 3.54. The van der Waals surface area contributed by atoms with Gasteiger partial charge in [0.15, 0.2) is 0 Å². The molecule has 0 fully saturated rings. The molecule has 1 atom stereocenters. The second kappa shape index (κ2) is 7.81. The zero-order chi connectivity index (χ0) is 23.9. The third-order valence-corrected chi connectivity index (χ3v) is 3.54. The van der Waals surface area contributed by atoms with Gasteiger partial charge < -0.3 is 4.90 Å². The van der Waals surface area contributed by atoms with Gasteiger partial charge in [0.25, 0.3) is 0 Å². The first-order valence-electron chi connectivity index (χ1n) is 7.07. The lowest BCUT2D eigenvalue weighted by atomic mass is 10.0. The van der Waals surface area contributed by atoms with Gasteiger partial charge in [-0.1, -0.05) is 6.08 Å². The van der Waals surface area contributed by atoms with E-state index in [1.165, 1.54) is 0 Å². The van der Waals surface area contributed by atoms with Crippen LogP contribution in [0.2, 0.25) is 0 Å². The topological polar surface area (TPSA) is 20.3 Å². The summed E-state index contributed by atoms with van der Waals surface area (Å²) < 4.78 is 180. The van der Waals surface area contributed by atoms with Crippen LogP contribution in [0.5, 0.6) is 0 Å². The normalized spacial score (nSPS) is 16.3. The van der Waals surface area contributed by atoms with Gasteiger partial charge in [0.1, 0.15) is 0 Å². The van der Waals surface area contributed by atoms with E-state index in [0.717, 1.165) is 6.92 Å². The molecule has 0 aliphatic carbocycles. The monoisotopic (exact) mass is 463 g/mol. The van der Waals surface area contributed by atoms with Crippen LogP contribution in [0.15, 0.2) is 12.2 Å². The van der Waals surface area contributed by atoms with Crippen molar-refractivity contribution in [1.29, 1.82) is 0 Å². The summed E-state index contributed by atoms with van der Waals surface area (Å²) >= 11 is 0. The maximum atomic E-state index is 13.7. The maximum Gasteiger partial charge on any atom is 0.459 e. The van der Waals surface area contributed by atoms with Crippen molar-refractivity contribution in [1.82, 2.24) is 4.90 Å². The number of rotatable bonds is 7. The van der Waals surface area contributed by atoms with Crippen LogP contribution in [0, 0.1) is 0 Å². The summed E-state index contributed by atoms with van der Waals surface area (Å²) in [5, 5.41) is 0. The number of carbonyl (C=O) groups excluding carboxylic acids is 1. The third kappa shape index (κ3) is 4.87. The average Bonchev–Trinajstić information content (AvgIpc) is 2.49. The molecule has 0 aromatic rings. The zero-order valence-corrected chi connectivity index (χ0v) is 14.1. The van der Waals surface area contributed by atoms with Crippen molar-refractivity contribution in [2.24, 2.45) is 0 Å². The highest BCUT2D eigenvalue weighted by Gasteiger charge is 2.77. The van der Waals surface area contributed by atoms with Gasteiger partial charge in [-0.25, -0.2) is 0 Å². The minimum atomic E-state index is -6.97. The Labute approximate surface area is 153 Å². The van der Waals surface area contributed by atoms with Crippen LogP contribution in [-0.4, -0.2) is 59.4 Å². The summed E-state index contributed by atoms with van der Waals surface area (Å²) in [6.07, 6.45) is -13.4. The Balaban J connectivity index is 6.35. The van der Waals surface area contributed by atoms with E-state index >= 15 is 0 Å². The number of alkyl halides is 14. The standard InChI is InChI=1S/C13H11F14NO/c1-3-4-7(29)28(5-8(14,15)10(18,19)12(22,23)24)6(2)9(16,17)11(20,21)13(25,26)27/h3-4,6H,5H2,1-2H3/b4-3+. The summed E-state index contributed by atoms with van der Waals surface area (Å²) in [5.74, 6) is -28.9. The minimum absolute atomic E-state index is 0.0140. The van der Waals surface area contributed by atoms with Gasteiger partial charge in [0.2, 0.25) is 5.91 Å². The molecule has 0 saturated heterocycles. The van der Waals surface area contributed by atoms with Crippen molar-refractivity contribution in [3.05, 3.63) is 12.2 Å². The Kier molecular flexibility index (Phi) is 7.34. The highest BCUT2D eigenvalue weighted by molar-refractivity contribution is 5.88. The molecule has 1 unspecified atom stereocenters. The van der Waals surface area contributed by atoms with Crippen LogP contribution in [0.1, 0.15) is 13.8 Å². The van der Waals surface area contributed by atoms with Crippen molar-refractivity contribution in [2.45, 2.75) is 55.9 Å². The van der Waals surface area contributed by atoms with Crippen molar-refractivity contribution in [3.8, 4) is 0 Å².